The highest BCUT2D eigenvalue weighted by molar-refractivity contribution is 8.13. The molecule has 0 aliphatic heterocycles. The minimum absolute atomic E-state index is 0.0823. The van der Waals surface area contributed by atoms with E-state index in [4.69, 9.17) is 9.63 Å². The SMILES string of the molecule is CC(C)C(=O)SCCOCCOPO. The van der Waals surface area contributed by atoms with Gasteiger partial charge in [0.1, 0.15) is 0 Å². The summed E-state index contributed by atoms with van der Waals surface area (Å²) in [6, 6.07) is 0. The van der Waals surface area contributed by atoms with Gasteiger partial charge in [0, 0.05) is 11.7 Å². The molecule has 0 aromatic carbocycles. The lowest BCUT2D eigenvalue weighted by Crippen LogP contribution is -2.07. The highest BCUT2D eigenvalue weighted by Gasteiger charge is 2.06. The number of ether oxygens (including phenoxy) is 1. The van der Waals surface area contributed by atoms with Crippen LogP contribution in [0.4, 0.5) is 0 Å². The van der Waals surface area contributed by atoms with Crippen molar-refractivity contribution < 1.29 is 18.9 Å². The fraction of sp³-hybridized carbons (Fsp3) is 0.875. The molecule has 0 heterocycles. The Morgan fingerprint density at radius 2 is 2.14 bits per heavy atom. The van der Waals surface area contributed by atoms with Gasteiger partial charge < -0.3 is 14.2 Å². The molecule has 0 aliphatic rings. The molecule has 0 aliphatic carbocycles. The average molecular weight is 240 g/mol. The van der Waals surface area contributed by atoms with Gasteiger partial charge in [-0.3, -0.25) is 4.79 Å². The molecule has 0 saturated carbocycles. The first kappa shape index (κ1) is 14.3. The molecule has 1 N–H and O–H groups in total. The minimum Gasteiger partial charge on any atom is -0.378 e. The zero-order chi connectivity index (χ0) is 10.8. The predicted molar refractivity (Wildman–Crippen MR) is 59.6 cm³/mol. The number of thioether (sulfide) groups is 1. The highest BCUT2D eigenvalue weighted by Crippen LogP contribution is 2.09. The van der Waals surface area contributed by atoms with Crippen molar-refractivity contribution in [2.75, 3.05) is 25.6 Å². The molecule has 0 radical (unpaired) electrons. The van der Waals surface area contributed by atoms with E-state index < -0.39 is 9.03 Å². The van der Waals surface area contributed by atoms with Crippen LogP contribution in [0.25, 0.3) is 0 Å². The van der Waals surface area contributed by atoms with Crippen molar-refractivity contribution in [2.45, 2.75) is 13.8 Å². The van der Waals surface area contributed by atoms with Gasteiger partial charge in [0.2, 0.25) is 0 Å². The summed E-state index contributed by atoms with van der Waals surface area (Å²) in [5.74, 6) is 0.761. The van der Waals surface area contributed by atoms with E-state index in [0.717, 1.165) is 0 Å². The van der Waals surface area contributed by atoms with Gasteiger partial charge >= 0.3 is 0 Å². The molecule has 84 valence electrons. The van der Waals surface area contributed by atoms with Gasteiger partial charge in [0.05, 0.1) is 19.8 Å². The van der Waals surface area contributed by atoms with E-state index in [2.05, 4.69) is 4.52 Å². The second-order valence-corrected chi connectivity index (χ2v) is 4.44. The summed E-state index contributed by atoms with van der Waals surface area (Å²) in [6.07, 6.45) is 0. The van der Waals surface area contributed by atoms with Gasteiger partial charge in [-0.15, -0.1) is 0 Å². The molecule has 4 nitrogen and oxygen atoms in total. The summed E-state index contributed by atoms with van der Waals surface area (Å²) in [6.45, 7) is 5.17. The van der Waals surface area contributed by atoms with Crippen LogP contribution >= 0.6 is 20.8 Å². The molecule has 1 unspecified atom stereocenters. The molecule has 6 heteroatoms. The van der Waals surface area contributed by atoms with E-state index >= 15 is 0 Å². The van der Waals surface area contributed by atoms with E-state index in [-0.39, 0.29) is 11.0 Å². The van der Waals surface area contributed by atoms with Crippen LogP contribution < -0.4 is 0 Å². The third-order valence-corrected chi connectivity index (χ3v) is 2.80. The van der Waals surface area contributed by atoms with Gasteiger partial charge in [0.15, 0.2) is 14.1 Å². The van der Waals surface area contributed by atoms with Crippen LogP contribution in [0.1, 0.15) is 13.8 Å². The molecule has 14 heavy (non-hydrogen) atoms. The van der Waals surface area contributed by atoms with Crippen molar-refractivity contribution in [1.29, 1.82) is 0 Å². The molecular formula is C8H17O4PS. The third-order valence-electron chi connectivity index (χ3n) is 1.34. The van der Waals surface area contributed by atoms with Crippen molar-refractivity contribution in [2.24, 2.45) is 5.92 Å². The second kappa shape index (κ2) is 9.87. The van der Waals surface area contributed by atoms with Crippen LogP contribution in [0, 0.1) is 5.92 Å². The molecule has 0 rings (SSSR count). The molecule has 0 aromatic heterocycles. The van der Waals surface area contributed by atoms with E-state index in [1.54, 1.807) is 0 Å². The second-order valence-electron chi connectivity index (χ2n) is 2.87. The van der Waals surface area contributed by atoms with Crippen LogP contribution in [-0.4, -0.2) is 35.6 Å². The lowest BCUT2D eigenvalue weighted by molar-refractivity contribution is -0.113. The lowest BCUT2D eigenvalue weighted by atomic mass is 10.3. The van der Waals surface area contributed by atoms with Gasteiger partial charge in [0.25, 0.3) is 0 Å². The first-order chi connectivity index (χ1) is 6.68. The number of hydrogen-bond donors (Lipinski definition) is 1. The van der Waals surface area contributed by atoms with Gasteiger partial charge in [-0.1, -0.05) is 25.6 Å². The Morgan fingerprint density at radius 3 is 2.71 bits per heavy atom. The average Bonchev–Trinajstić information content (AvgIpc) is 2.16. The maximum absolute atomic E-state index is 11.1. The molecular weight excluding hydrogens is 223 g/mol. The van der Waals surface area contributed by atoms with Crippen LogP contribution in [0.15, 0.2) is 0 Å². The zero-order valence-electron chi connectivity index (χ0n) is 8.49. The van der Waals surface area contributed by atoms with Crippen molar-refractivity contribution in [3.63, 3.8) is 0 Å². The predicted octanol–water partition coefficient (Wildman–Crippen LogP) is 1.44. The molecule has 0 fully saturated rings. The summed E-state index contributed by atoms with van der Waals surface area (Å²) < 4.78 is 9.85. The van der Waals surface area contributed by atoms with Crippen LogP contribution in [0.2, 0.25) is 0 Å². The van der Waals surface area contributed by atoms with Crippen molar-refractivity contribution in [1.82, 2.24) is 0 Å². The third kappa shape index (κ3) is 8.91. The van der Waals surface area contributed by atoms with E-state index in [0.29, 0.717) is 25.6 Å². The maximum Gasteiger partial charge on any atom is 0.191 e. The molecule has 0 saturated heterocycles. The standard InChI is InChI=1S/C8H17O4PS/c1-7(2)8(9)14-6-5-11-3-4-12-13-10/h7,10,13H,3-6H2,1-2H3. The number of hydrogen-bond acceptors (Lipinski definition) is 5. The molecule has 0 bridgehead atoms. The van der Waals surface area contributed by atoms with Crippen LogP contribution in [-0.2, 0) is 14.1 Å². The largest absolute Gasteiger partial charge is 0.378 e. The number of rotatable bonds is 8. The Hall–Kier alpha value is 0.330. The lowest BCUT2D eigenvalue weighted by Gasteiger charge is -2.04. The van der Waals surface area contributed by atoms with Crippen LogP contribution in [0.5, 0.6) is 0 Å². The normalized spacial score (nSPS) is 11.7. The summed E-state index contributed by atoms with van der Waals surface area (Å²) in [5.41, 5.74) is 0. The summed E-state index contributed by atoms with van der Waals surface area (Å²) >= 11 is 1.30. The van der Waals surface area contributed by atoms with Crippen LogP contribution in [0.3, 0.4) is 0 Å². The fourth-order valence-corrected chi connectivity index (χ4v) is 1.53. The summed E-state index contributed by atoms with van der Waals surface area (Å²) in [4.78, 5) is 19.4. The molecule has 0 spiro atoms. The molecule has 1 atom stereocenters. The first-order valence-corrected chi connectivity index (χ1v) is 6.28. The van der Waals surface area contributed by atoms with Gasteiger partial charge in [-0.2, -0.15) is 0 Å². The smallest absolute Gasteiger partial charge is 0.191 e. The number of carbonyl (C=O) groups is 1. The van der Waals surface area contributed by atoms with Crippen molar-refractivity contribution in [3.8, 4) is 0 Å². The Bertz CT molecular complexity index is 154. The fourth-order valence-electron chi connectivity index (χ4n) is 0.616. The van der Waals surface area contributed by atoms with Crippen molar-refractivity contribution in [3.05, 3.63) is 0 Å². The Morgan fingerprint density at radius 1 is 1.43 bits per heavy atom. The van der Waals surface area contributed by atoms with E-state index in [1.165, 1.54) is 11.8 Å². The van der Waals surface area contributed by atoms with Gasteiger partial charge in [-0.05, 0) is 0 Å². The maximum atomic E-state index is 11.1. The van der Waals surface area contributed by atoms with Gasteiger partial charge in [-0.25, -0.2) is 0 Å². The van der Waals surface area contributed by atoms with E-state index in [9.17, 15) is 4.79 Å². The highest BCUT2D eigenvalue weighted by atomic mass is 32.2. The zero-order valence-corrected chi connectivity index (χ0v) is 10.3. The quantitative estimate of drug-likeness (QED) is 0.514. The Labute approximate surface area is 90.7 Å². The summed E-state index contributed by atoms with van der Waals surface area (Å²) in [7, 11) is -0.477. The first-order valence-electron chi connectivity index (χ1n) is 4.43. The topological polar surface area (TPSA) is 55.8 Å². The Balaban J connectivity index is 3.10. The van der Waals surface area contributed by atoms with Crippen molar-refractivity contribution >= 4 is 25.9 Å². The number of carbonyl (C=O) groups excluding carboxylic acids is 1. The monoisotopic (exact) mass is 240 g/mol. The Kier molecular flexibility index (Phi) is 10.1. The molecule has 0 amide bonds. The van der Waals surface area contributed by atoms with E-state index in [1.807, 2.05) is 13.8 Å². The summed E-state index contributed by atoms with van der Waals surface area (Å²) in [5, 5.41) is 0.196. The minimum atomic E-state index is -0.477. The molecule has 0 aromatic rings.